The van der Waals surface area contributed by atoms with Gasteiger partial charge in [0.1, 0.15) is 11.6 Å². The second-order valence-corrected chi connectivity index (χ2v) is 12.2. The number of carbonyl (C=O) groups excluding carboxylic acids is 1. The molecule has 1 amide bonds. The molecule has 6 aromatic rings. The number of benzene rings is 3. The summed E-state index contributed by atoms with van der Waals surface area (Å²) in [4.78, 5) is 19.7. The largest absolute Gasteiger partial charge is 0.361 e. The molecule has 0 bridgehead atoms. The molecule has 5 N–H and O–H groups in total. The Morgan fingerprint density at radius 1 is 0.929 bits per heavy atom. The van der Waals surface area contributed by atoms with Crippen molar-refractivity contribution in [1.29, 1.82) is 0 Å². The quantitative estimate of drug-likeness (QED) is 0.154. The molecule has 1 unspecified atom stereocenters. The molecule has 3 heterocycles. The zero-order valence-electron chi connectivity index (χ0n) is 23.7. The van der Waals surface area contributed by atoms with Gasteiger partial charge in [0.05, 0.1) is 18.0 Å². The summed E-state index contributed by atoms with van der Waals surface area (Å²) >= 11 is 3.55. The van der Waals surface area contributed by atoms with Crippen molar-refractivity contribution in [3.8, 4) is 0 Å². The summed E-state index contributed by atoms with van der Waals surface area (Å²) in [5.74, 6) is 1.23. The standard InChI is InChI=1S/C33H34BrN7O/c1-33(2,35)32(42)38-19-27(26-18-37-29-10-6-4-8-25(26)29)31-40-39-30(41(31)20-21-11-14-23(34)15-12-21)16-13-22-17-36-28-9-5-3-7-24(22)28/h3-12,14-15,17-18,27,36-37H,13,16,19-20,35H2,1-2H3,(H,38,42). The fraction of sp³-hybridized carbons (Fsp3) is 0.242. The maximum absolute atomic E-state index is 12.9. The second kappa shape index (κ2) is 11.6. The van der Waals surface area contributed by atoms with Gasteiger partial charge in [-0.2, -0.15) is 0 Å². The average molecular weight is 625 g/mol. The monoisotopic (exact) mass is 623 g/mol. The Labute approximate surface area is 252 Å². The van der Waals surface area contributed by atoms with Crippen molar-refractivity contribution >= 4 is 43.6 Å². The first-order chi connectivity index (χ1) is 20.3. The zero-order chi connectivity index (χ0) is 29.3. The Bertz CT molecular complexity index is 1840. The summed E-state index contributed by atoms with van der Waals surface area (Å²) in [5, 5.41) is 14.9. The summed E-state index contributed by atoms with van der Waals surface area (Å²) in [6.45, 7) is 4.36. The molecular formula is C33H34BrN7O. The lowest BCUT2D eigenvalue weighted by Crippen LogP contribution is -2.50. The predicted octanol–water partition coefficient (Wildman–Crippen LogP) is 5.82. The van der Waals surface area contributed by atoms with Crippen molar-refractivity contribution in [2.75, 3.05) is 6.54 Å². The van der Waals surface area contributed by atoms with E-state index in [9.17, 15) is 4.79 Å². The summed E-state index contributed by atoms with van der Waals surface area (Å²) in [5.41, 5.74) is 10.7. The summed E-state index contributed by atoms with van der Waals surface area (Å²) in [6, 6.07) is 24.8. The van der Waals surface area contributed by atoms with Crippen LogP contribution in [-0.4, -0.2) is 42.7 Å². The van der Waals surface area contributed by atoms with Crippen LogP contribution in [0.5, 0.6) is 0 Å². The number of aromatic amines is 2. The number of carbonyl (C=O) groups is 1. The molecule has 42 heavy (non-hydrogen) atoms. The summed E-state index contributed by atoms with van der Waals surface area (Å²) < 4.78 is 3.24. The second-order valence-electron chi connectivity index (χ2n) is 11.3. The minimum absolute atomic E-state index is 0.217. The Kier molecular flexibility index (Phi) is 7.70. The Balaban J connectivity index is 1.41. The molecule has 0 spiro atoms. The molecule has 6 rings (SSSR count). The van der Waals surface area contributed by atoms with Crippen LogP contribution < -0.4 is 11.1 Å². The minimum atomic E-state index is -1.000. The Morgan fingerprint density at radius 3 is 2.33 bits per heavy atom. The van der Waals surface area contributed by atoms with Crippen LogP contribution in [0.15, 0.2) is 89.7 Å². The first kappa shape index (κ1) is 27.9. The highest BCUT2D eigenvalue weighted by molar-refractivity contribution is 9.10. The number of hydrogen-bond acceptors (Lipinski definition) is 4. The van der Waals surface area contributed by atoms with Gasteiger partial charge in [0.25, 0.3) is 0 Å². The Morgan fingerprint density at radius 2 is 1.60 bits per heavy atom. The number of aryl methyl sites for hydroxylation is 2. The van der Waals surface area contributed by atoms with E-state index < -0.39 is 5.54 Å². The number of H-pyrrole nitrogens is 2. The molecule has 0 radical (unpaired) electrons. The highest BCUT2D eigenvalue weighted by Gasteiger charge is 2.29. The first-order valence-electron chi connectivity index (χ1n) is 14.1. The van der Waals surface area contributed by atoms with Crippen molar-refractivity contribution in [2.45, 2.75) is 44.7 Å². The summed E-state index contributed by atoms with van der Waals surface area (Å²) in [7, 11) is 0. The molecular weight excluding hydrogens is 590 g/mol. The van der Waals surface area contributed by atoms with E-state index in [1.54, 1.807) is 13.8 Å². The molecule has 0 saturated heterocycles. The van der Waals surface area contributed by atoms with Gasteiger partial charge in [-0.3, -0.25) is 4.79 Å². The fourth-order valence-corrected chi connectivity index (χ4v) is 5.73. The van der Waals surface area contributed by atoms with Crippen molar-refractivity contribution in [3.05, 3.63) is 118 Å². The van der Waals surface area contributed by atoms with Gasteiger partial charge in [0.2, 0.25) is 5.91 Å². The van der Waals surface area contributed by atoms with E-state index in [2.05, 4.69) is 84.4 Å². The number of hydrogen-bond donors (Lipinski definition) is 4. The van der Waals surface area contributed by atoms with Crippen LogP contribution in [0.1, 0.15) is 48.1 Å². The van der Waals surface area contributed by atoms with Gasteiger partial charge in [-0.25, -0.2) is 0 Å². The number of amides is 1. The number of para-hydroxylation sites is 2. The molecule has 9 heteroatoms. The van der Waals surface area contributed by atoms with Gasteiger partial charge < -0.3 is 25.6 Å². The predicted molar refractivity (Wildman–Crippen MR) is 170 cm³/mol. The fourth-order valence-electron chi connectivity index (χ4n) is 5.47. The molecule has 0 aliphatic carbocycles. The molecule has 1 atom stereocenters. The molecule has 0 aliphatic rings. The zero-order valence-corrected chi connectivity index (χ0v) is 25.3. The third-order valence-corrected chi connectivity index (χ3v) is 8.29. The van der Waals surface area contributed by atoms with Crippen molar-refractivity contribution in [2.24, 2.45) is 5.73 Å². The third kappa shape index (κ3) is 5.75. The number of nitrogens with zero attached hydrogens (tertiary/aromatic N) is 3. The number of nitrogens with one attached hydrogen (secondary N) is 3. The SMILES string of the molecule is CC(C)(N)C(=O)NCC(c1c[nH]c2ccccc12)c1nnc(CCc2c[nH]c3ccccc23)n1Cc1ccc(Br)cc1. The molecule has 0 fully saturated rings. The molecule has 8 nitrogen and oxygen atoms in total. The van der Waals surface area contributed by atoms with E-state index in [1.165, 1.54) is 10.9 Å². The number of fused-ring (bicyclic) bond motifs is 2. The van der Waals surface area contributed by atoms with Crippen molar-refractivity contribution in [1.82, 2.24) is 30.0 Å². The van der Waals surface area contributed by atoms with Gasteiger partial charge in [-0.15, -0.1) is 10.2 Å². The van der Waals surface area contributed by atoms with Crippen LogP contribution >= 0.6 is 15.9 Å². The van der Waals surface area contributed by atoms with E-state index in [0.29, 0.717) is 19.5 Å². The molecule has 0 saturated carbocycles. The first-order valence-corrected chi connectivity index (χ1v) is 14.9. The lowest BCUT2D eigenvalue weighted by molar-refractivity contribution is -0.125. The van der Waals surface area contributed by atoms with Crippen LogP contribution in [0.4, 0.5) is 0 Å². The maximum atomic E-state index is 12.9. The van der Waals surface area contributed by atoms with Gasteiger partial charge in [-0.1, -0.05) is 64.5 Å². The lowest BCUT2D eigenvalue weighted by atomic mass is 9.96. The van der Waals surface area contributed by atoms with Crippen molar-refractivity contribution < 1.29 is 4.79 Å². The van der Waals surface area contributed by atoms with Gasteiger partial charge in [0, 0.05) is 51.6 Å². The van der Waals surface area contributed by atoms with Gasteiger partial charge >= 0.3 is 0 Å². The van der Waals surface area contributed by atoms with Gasteiger partial charge in [0.15, 0.2) is 0 Å². The van der Waals surface area contributed by atoms with E-state index in [4.69, 9.17) is 15.9 Å². The van der Waals surface area contributed by atoms with E-state index in [1.807, 2.05) is 36.5 Å². The smallest absolute Gasteiger partial charge is 0.239 e. The Hall–Kier alpha value is -4.21. The van der Waals surface area contributed by atoms with E-state index in [0.717, 1.165) is 50.1 Å². The van der Waals surface area contributed by atoms with Crippen LogP contribution in [-0.2, 0) is 24.2 Å². The number of halogens is 1. The summed E-state index contributed by atoms with van der Waals surface area (Å²) in [6.07, 6.45) is 5.63. The van der Waals surface area contributed by atoms with Crippen LogP contribution in [0.2, 0.25) is 0 Å². The van der Waals surface area contributed by atoms with Gasteiger partial charge in [-0.05, 0) is 61.2 Å². The topological polar surface area (TPSA) is 117 Å². The average Bonchev–Trinajstić information content (AvgIpc) is 3.70. The molecule has 3 aromatic carbocycles. The normalized spacial score (nSPS) is 12.7. The highest BCUT2D eigenvalue weighted by Crippen LogP contribution is 2.31. The van der Waals surface area contributed by atoms with Crippen LogP contribution in [0.25, 0.3) is 21.8 Å². The van der Waals surface area contributed by atoms with E-state index >= 15 is 0 Å². The molecule has 0 aliphatic heterocycles. The number of aromatic nitrogens is 5. The lowest BCUT2D eigenvalue weighted by Gasteiger charge is -2.23. The van der Waals surface area contributed by atoms with E-state index in [-0.39, 0.29) is 11.8 Å². The molecule has 3 aromatic heterocycles. The third-order valence-electron chi connectivity index (χ3n) is 7.76. The number of nitrogens with two attached hydrogens (primary N) is 1. The van der Waals surface area contributed by atoms with Crippen molar-refractivity contribution in [3.63, 3.8) is 0 Å². The minimum Gasteiger partial charge on any atom is -0.361 e. The maximum Gasteiger partial charge on any atom is 0.239 e. The molecule has 214 valence electrons. The van der Waals surface area contributed by atoms with Crippen LogP contribution in [0, 0.1) is 0 Å². The highest BCUT2D eigenvalue weighted by atomic mass is 79.9. The van der Waals surface area contributed by atoms with Crippen LogP contribution in [0.3, 0.4) is 0 Å². The number of rotatable bonds is 10.